The van der Waals surface area contributed by atoms with Crippen molar-refractivity contribution >= 4 is 51.4 Å². The topological polar surface area (TPSA) is 228 Å². The first-order valence-corrected chi connectivity index (χ1v) is 19.2. The van der Waals surface area contributed by atoms with E-state index < -0.39 is 50.1 Å². The molecule has 1 aromatic carbocycles. The number of benzene rings is 1. The molecule has 1 amide bonds. The Morgan fingerprint density at radius 1 is 0.857 bits per heavy atom. The molecule has 2 fully saturated rings. The fourth-order valence-electron chi connectivity index (χ4n) is 7.05. The highest BCUT2D eigenvalue weighted by Crippen LogP contribution is 2.34. The number of pyridine rings is 1. The molecule has 2 saturated heterocycles. The Hall–Kier alpha value is -4.65. The monoisotopic (exact) mass is 848 g/mol. The molecule has 3 heterocycles. The van der Waals surface area contributed by atoms with Crippen LogP contribution in [0.25, 0.3) is 0 Å². The molecular formula is C38H53BrN6O11. The van der Waals surface area contributed by atoms with Gasteiger partial charge in [-0.2, -0.15) is 4.73 Å². The Balaban J connectivity index is 0.000000359. The van der Waals surface area contributed by atoms with E-state index in [4.69, 9.17) is 25.3 Å². The average molecular weight is 850 g/mol. The molecule has 0 unspecified atom stereocenters. The van der Waals surface area contributed by atoms with E-state index >= 15 is 0 Å². The second kappa shape index (κ2) is 21.6. The summed E-state index contributed by atoms with van der Waals surface area (Å²) in [6.07, 6.45) is 5.40. The predicted molar refractivity (Wildman–Crippen MR) is 208 cm³/mol. The normalized spacial score (nSPS) is 16.3. The molecule has 2 aliphatic heterocycles. The van der Waals surface area contributed by atoms with Gasteiger partial charge in [-0.1, -0.05) is 33.2 Å². The average Bonchev–Trinajstić information content (AvgIpc) is 3.13. The van der Waals surface area contributed by atoms with Gasteiger partial charge in [-0.05, 0) is 82.8 Å². The van der Waals surface area contributed by atoms with Gasteiger partial charge in [0.25, 0.3) is 5.91 Å². The van der Waals surface area contributed by atoms with Crippen molar-refractivity contribution in [1.29, 1.82) is 0 Å². The zero-order valence-corrected chi connectivity index (χ0v) is 33.9. The number of aryl methyl sites for hydroxylation is 1. The maximum Gasteiger partial charge on any atom is 0.317 e. The number of aromatic nitrogens is 1. The third-order valence-corrected chi connectivity index (χ3v) is 10.7. The van der Waals surface area contributed by atoms with Gasteiger partial charge in [0.2, 0.25) is 5.69 Å². The molecule has 56 heavy (non-hydrogen) atoms. The molecule has 308 valence electrons. The molecule has 2 aliphatic rings. The number of oxime groups is 1. The highest BCUT2D eigenvalue weighted by Gasteiger charge is 2.40. The van der Waals surface area contributed by atoms with Crippen molar-refractivity contribution in [3.8, 4) is 0 Å². The van der Waals surface area contributed by atoms with Gasteiger partial charge in [0.1, 0.15) is 12.2 Å². The zero-order valence-electron chi connectivity index (χ0n) is 32.4. The minimum atomic E-state index is -1.23. The summed E-state index contributed by atoms with van der Waals surface area (Å²) in [5, 5.41) is 51.0. The van der Waals surface area contributed by atoms with Crippen LogP contribution in [0.15, 0.2) is 46.2 Å². The molecule has 1 aromatic heterocycles. The van der Waals surface area contributed by atoms with Crippen LogP contribution in [0, 0.1) is 25.0 Å². The van der Waals surface area contributed by atoms with Crippen LogP contribution in [0.1, 0.15) is 66.7 Å². The van der Waals surface area contributed by atoms with E-state index in [2.05, 4.69) is 57.2 Å². The van der Waals surface area contributed by atoms with E-state index in [1.807, 2.05) is 18.7 Å². The summed E-state index contributed by atoms with van der Waals surface area (Å²) in [6.45, 7) is 9.65. The number of carbonyl (C=O) groups is 5. The SMILES string of the molecule is CCO/N=C(/c1ccc(Br)cc1)C1CCN(C2(C)CCN(C(=O)c3c(C)cc[n+]([O-])c3C)CC2)CC1.O=C(O)CN(CCN(CC(=O)O)CC(=O)O)CC(=O)O. The lowest BCUT2D eigenvalue weighted by molar-refractivity contribution is -0.612. The lowest BCUT2D eigenvalue weighted by atomic mass is 9.82. The van der Waals surface area contributed by atoms with Crippen molar-refractivity contribution in [2.75, 3.05) is 72.1 Å². The number of rotatable bonds is 17. The number of carbonyl (C=O) groups excluding carboxylic acids is 1. The number of hydrogen-bond acceptors (Lipinski definition) is 11. The van der Waals surface area contributed by atoms with E-state index in [0.29, 0.717) is 36.9 Å². The van der Waals surface area contributed by atoms with Crippen molar-refractivity contribution in [1.82, 2.24) is 19.6 Å². The van der Waals surface area contributed by atoms with Crippen LogP contribution in [-0.2, 0) is 24.0 Å². The second-order valence-electron chi connectivity index (χ2n) is 14.2. The fourth-order valence-corrected chi connectivity index (χ4v) is 7.31. The van der Waals surface area contributed by atoms with Crippen molar-refractivity contribution in [3.05, 3.63) is 68.6 Å². The van der Waals surface area contributed by atoms with Crippen LogP contribution >= 0.6 is 15.9 Å². The molecule has 0 radical (unpaired) electrons. The fraction of sp³-hybridized carbons (Fsp3) is 0.553. The van der Waals surface area contributed by atoms with Gasteiger partial charge in [-0.3, -0.25) is 38.7 Å². The Morgan fingerprint density at radius 3 is 1.79 bits per heavy atom. The van der Waals surface area contributed by atoms with Gasteiger partial charge >= 0.3 is 23.9 Å². The van der Waals surface area contributed by atoms with Gasteiger partial charge in [0, 0.05) is 55.1 Å². The second-order valence-corrected chi connectivity index (χ2v) is 15.1. The minimum absolute atomic E-state index is 0.0257. The van der Waals surface area contributed by atoms with Gasteiger partial charge in [-0.15, -0.1) is 0 Å². The molecular weight excluding hydrogens is 796 g/mol. The summed E-state index contributed by atoms with van der Waals surface area (Å²) in [6, 6.07) is 10.0. The maximum absolute atomic E-state index is 13.3. The molecule has 18 heteroatoms. The van der Waals surface area contributed by atoms with Gasteiger partial charge < -0.3 is 35.4 Å². The first kappa shape index (κ1) is 45.7. The zero-order chi connectivity index (χ0) is 41.6. The number of piperidine rings is 2. The van der Waals surface area contributed by atoms with Crippen molar-refractivity contribution in [2.24, 2.45) is 11.1 Å². The number of carboxylic acids is 4. The lowest BCUT2D eigenvalue weighted by Crippen LogP contribution is -2.57. The lowest BCUT2D eigenvalue weighted by Gasteiger charge is -2.49. The summed E-state index contributed by atoms with van der Waals surface area (Å²) < 4.78 is 1.84. The number of hydrogen-bond donors (Lipinski definition) is 4. The summed E-state index contributed by atoms with van der Waals surface area (Å²) in [7, 11) is 0. The van der Waals surface area contributed by atoms with Crippen LogP contribution in [-0.4, -0.2) is 153 Å². The number of carboxylic acid groups (broad SMARTS) is 4. The third kappa shape index (κ3) is 13.8. The molecule has 17 nitrogen and oxygen atoms in total. The molecule has 2 aromatic rings. The molecule has 0 spiro atoms. The van der Waals surface area contributed by atoms with Gasteiger partial charge in [0.15, 0.2) is 6.20 Å². The quantitative estimate of drug-likeness (QED) is 0.0778. The van der Waals surface area contributed by atoms with E-state index in [1.54, 1.807) is 13.0 Å². The third-order valence-electron chi connectivity index (χ3n) is 10.1. The predicted octanol–water partition coefficient (Wildman–Crippen LogP) is 2.78. The molecule has 4 N–H and O–H groups in total. The summed E-state index contributed by atoms with van der Waals surface area (Å²) in [4.78, 5) is 67.7. The van der Waals surface area contributed by atoms with Crippen molar-refractivity contribution in [3.63, 3.8) is 0 Å². The highest BCUT2D eigenvalue weighted by atomic mass is 79.9. The van der Waals surface area contributed by atoms with Crippen LogP contribution in [0.4, 0.5) is 0 Å². The standard InChI is InChI=1S/C28H37BrN4O3.C10H16N2O8/c1-5-36-30-26(22-6-8-24(29)9-7-22)23-11-15-32(16-12-23)28(4)13-18-31(19-14-28)27(34)25-20(2)10-17-33(35)21(25)3;13-7(14)3-11(4-8(15)16)1-2-12(5-9(17)18)6-10(19)20/h6-10,17,23H,5,11-16,18-19H2,1-4H3;1-6H2,(H,13,14)(H,15,16)(H,17,18)(H,19,20)/b30-26-;. The molecule has 0 saturated carbocycles. The van der Waals surface area contributed by atoms with E-state index in [9.17, 15) is 29.2 Å². The van der Waals surface area contributed by atoms with Crippen LogP contribution < -0.4 is 4.73 Å². The summed E-state index contributed by atoms with van der Waals surface area (Å²) >= 11 is 3.52. The first-order chi connectivity index (χ1) is 26.4. The number of nitrogens with zero attached hydrogens (tertiary/aromatic N) is 6. The Bertz CT molecular complexity index is 1640. The number of aliphatic carboxylic acids is 4. The summed E-state index contributed by atoms with van der Waals surface area (Å²) in [5.74, 6) is -4.57. The number of amides is 1. The van der Waals surface area contributed by atoms with Crippen LogP contribution in [0.5, 0.6) is 0 Å². The van der Waals surface area contributed by atoms with E-state index in [-0.39, 0.29) is 24.5 Å². The number of halogens is 1. The Labute approximate surface area is 334 Å². The van der Waals surface area contributed by atoms with Crippen LogP contribution in [0.3, 0.4) is 0 Å². The number of likely N-dealkylation sites (tertiary alicyclic amines) is 2. The minimum Gasteiger partial charge on any atom is -0.618 e. The van der Waals surface area contributed by atoms with E-state index in [1.165, 1.54) is 6.20 Å². The maximum atomic E-state index is 13.3. The van der Waals surface area contributed by atoms with Crippen molar-refractivity contribution < 1.29 is 54.0 Å². The molecule has 0 atom stereocenters. The molecule has 0 bridgehead atoms. The largest absolute Gasteiger partial charge is 0.618 e. The molecule has 0 aliphatic carbocycles. The molecule has 4 rings (SSSR count). The highest BCUT2D eigenvalue weighted by molar-refractivity contribution is 9.10. The Kier molecular flexibility index (Phi) is 17.6. The van der Waals surface area contributed by atoms with Crippen LogP contribution in [0.2, 0.25) is 0 Å². The summed E-state index contributed by atoms with van der Waals surface area (Å²) in [5.41, 5.74) is 4.11. The van der Waals surface area contributed by atoms with E-state index in [0.717, 1.165) is 74.6 Å². The van der Waals surface area contributed by atoms with Crippen molar-refractivity contribution in [2.45, 2.75) is 58.9 Å². The van der Waals surface area contributed by atoms with Gasteiger partial charge in [0.05, 0.1) is 31.9 Å². The Morgan fingerprint density at radius 2 is 1.34 bits per heavy atom. The van der Waals surface area contributed by atoms with Gasteiger partial charge in [-0.25, -0.2) is 0 Å². The smallest absolute Gasteiger partial charge is 0.317 e. The first-order valence-electron chi connectivity index (χ1n) is 18.4.